The van der Waals surface area contributed by atoms with Crippen molar-refractivity contribution >= 4 is 11.9 Å². The maximum absolute atomic E-state index is 11.8. The van der Waals surface area contributed by atoms with Gasteiger partial charge in [0.2, 0.25) is 0 Å². The molecule has 0 bridgehead atoms. The molecule has 0 spiro atoms. The Hall–Kier alpha value is -2.04. The Morgan fingerprint density at radius 1 is 1.10 bits per heavy atom. The van der Waals surface area contributed by atoms with Gasteiger partial charge in [-0.25, -0.2) is 4.79 Å². The van der Waals surface area contributed by atoms with Crippen LogP contribution >= 0.6 is 0 Å². The Labute approximate surface area is 125 Å². The van der Waals surface area contributed by atoms with Gasteiger partial charge in [-0.15, -0.1) is 0 Å². The molecule has 5 nitrogen and oxygen atoms in total. The number of primary amides is 1. The van der Waals surface area contributed by atoms with Gasteiger partial charge >= 0.3 is 6.03 Å². The lowest BCUT2D eigenvalue weighted by molar-refractivity contribution is 0.171. The molecule has 1 aromatic carbocycles. The maximum atomic E-state index is 11.8. The van der Waals surface area contributed by atoms with Gasteiger partial charge < -0.3 is 16.4 Å². The molecule has 0 aromatic heterocycles. The molecule has 1 fully saturated rings. The molecule has 0 radical (unpaired) electrons. The van der Waals surface area contributed by atoms with E-state index in [4.69, 9.17) is 16.9 Å². The first-order valence-electron chi connectivity index (χ1n) is 7.57. The number of hydrogen-bond donors (Lipinski definition) is 3. The zero-order valence-corrected chi connectivity index (χ0v) is 12.3. The zero-order chi connectivity index (χ0) is 15.2. The van der Waals surface area contributed by atoms with Gasteiger partial charge in [-0.1, -0.05) is 49.9 Å². The molecule has 0 heterocycles. The molecule has 1 saturated carbocycles. The molecule has 114 valence electrons. The molecule has 2 rings (SSSR count). The fraction of sp³-hybridized carbons (Fsp3) is 0.500. The van der Waals surface area contributed by atoms with E-state index in [-0.39, 0.29) is 17.9 Å². The van der Waals surface area contributed by atoms with Gasteiger partial charge in [0.15, 0.2) is 0 Å². The van der Waals surface area contributed by atoms with Gasteiger partial charge in [-0.05, 0) is 18.4 Å². The van der Waals surface area contributed by atoms with Crippen molar-refractivity contribution in [1.29, 1.82) is 5.41 Å². The lowest BCUT2D eigenvalue weighted by atomic mass is 10.1. The number of carbonyl (C=O) groups excluding carboxylic acids is 1. The Bertz CT molecular complexity index is 490. The normalized spacial score (nSPS) is 16.2. The number of carbonyl (C=O) groups is 1. The minimum absolute atomic E-state index is 0.0528. The first kappa shape index (κ1) is 15.4. The van der Waals surface area contributed by atoms with Crippen LogP contribution in [0.1, 0.15) is 49.7 Å². The van der Waals surface area contributed by atoms with Crippen LogP contribution in [0.2, 0.25) is 0 Å². The fourth-order valence-corrected chi connectivity index (χ4v) is 2.94. The summed E-state index contributed by atoms with van der Waals surface area (Å²) < 4.78 is 0. The standard InChI is InChI=1S/C16H24N4O/c17-15(18)13-9-7-12(8-10-13)11-20(16(19)21)14-5-3-1-2-4-6-14/h7-10,14H,1-6,11H2,(H3,17,18)(H2,19,21). The molecule has 5 N–H and O–H groups in total. The van der Waals surface area contributed by atoms with Crippen LogP contribution in [0.3, 0.4) is 0 Å². The van der Waals surface area contributed by atoms with Crippen LogP contribution in [-0.2, 0) is 6.54 Å². The maximum Gasteiger partial charge on any atom is 0.315 e. The molecule has 2 amide bonds. The minimum Gasteiger partial charge on any atom is -0.384 e. The van der Waals surface area contributed by atoms with E-state index < -0.39 is 0 Å². The lowest BCUT2D eigenvalue weighted by Crippen LogP contribution is -2.42. The number of urea groups is 1. The van der Waals surface area contributed by atoms with Crippen molar-refractivity contribution in [2.45, 2.75) is 51.1 Å². The largest absolute Gasteiger partial charge is 0.384 e. The summed E-state index contributed by atoms with van der Waals surface area (Å²) in [6, 6.07) is 7.33. The summed E-state index contributed by atoms with van der Waals surface area (Å²) in [6.07, 6.45) is 6.89. The number of nitrogens with one attached hydrogen (secondary N) is 1. The highest BCUT2D eigenvalue weighted by atomic mass is 16.2. The van der Waals surface area contributed by atoms with E-state index in [9.17, 15) is 4.79 Å². The number of nitrogen functional groups attached to an aromatic ring is 1. The van der Waals surface area contributed by atoms with Crippen molar-refractivity contribution in [2.75, 3.05) is 0 Å². The second kappa shape index (κ2) is 7.11. The summed E-state index contributed by atoms with van der Waals surface area (Å²) in [5, 5.41) is 7.39. The number of rotatable bonds is 4. The number of nitrogens with zero attached hydrogens (tertiary/aromatic N) is 1. The molecule has 0 atom stereocenters. The SMILES string of the molecule is N=C(N)c1ccc(CN(C(N)=O)C2CCCCCC2)cc1. The van der Waals surface area contributed by atoms with Crippen LogP contribution in [0.5, 0.6) is 0 Å². The van der Waals surface area contributed by atoms with E-state index in [2.05, 4.69) is 0 Å². The number of amidine groups is 1. The van der Waals surface area contributed by atoms with Gasteiger partial charge in [0.05, 0.1) is 0 Å². The van der Waals surface area contributed by atoms with Gasteiger partial charge in [-0.3, -0.25) is 5.41 Å². The first-order chi connectivity index (χ1) is 10.1. The van der Waals surface area contributed by atoms with Crippen LogP contribution in [0.15, 0.2) is 24.3 Å². The van der Waals surface area contributed by atoms with E-state index in [1.165, 1.54) is 12.8 Å². The van der Waals surface area contributed by atoms with Crippen molar-refractivity contribution < 1.29 is 4.79 Å². The van der Waals surface area contributed by atoms with E-state index in [0.717, 1.165) is 31.2 Å². The van der Waals surface area contributed by atoms with Crippen molar-refractivity contribution in [1.82, 2.24) is 4.90 Å². The predicted octanol–water partition coefficient (Wildman–Crippen LogP) is 2.57. The van der Waals surface area contributed by atoms with Gasteiger partial charge in [0.25, 0.3) is 0 Å². The average Bonchev–Trinajstić information content (AvgIpc) is 2.73. The summed E-state index contributed by atoms with van der Waals surface area (Å²) in [7, 11) is 0. The zero-order valence-electron chi connectivity index (χ0n) is 12.3. The highest BCUT2D eigenvalue weighted by molar-refractivity contribution is 5.94. The second-order valence-corrected chi connectivity index (χ2v) is 5.72. The summed E-state index contributed by atoms with van der Waals surface area (Å²) in [6.45, 7) is 0.526. The monoisotopic (exact) mass is 288 g/mol. The Morgan fingerprint density at radius 3 is 2.14 bits per heavy atom. The number of benzene rings is 1. The Morgan fingerprint density at radius 2 is 1.67 bits per heavy atom. The van der Waals surface area contributed by atoms with E-state index in [1.807, 2.05) is 24.3 Å². The Balaban J connectivity index is 2.08. The van der Waals surface area contributed by atoms with Crippen LogP contribution < -0.4 is 11.5 Å². The highest BCUT2D eigenvalue weighted by Gasteiger charge is 2.23. The molecule has 1 aliphatic rings. The molecule has 0 saturated heterocycles. The summed E-state index contributed by atoms with van der Waals surface area (Å²) in [5.74, 6) is 0.0528. The number of nitrogens with two attached hydrogens (primary N) is 2. The average molecular weight is 288 g/mol. The quantitative estimate of drug-likeness (QED) is 0.451. The second-order valence-electron chi connectivity index (χ2n) is 5.72. The van der Waals surface area contributed by atoms with E-state index in [1.54, 1.807) is 4.90 Å². The molecule has 0 aliphatic heterocycles. The van der Waals surface area contributed by atoms with Crippen molar-refractivity contribution in [3.8, 4) is 0 Å². The molecule has 1 aromatic rings. The molecule has 5 heteroatoms. The summed E-state index contributed by atoms with van der Waals surface area (Å²) in [5.41, 5.74) is 12.7. The first-order valence-corrected chi connectivity index (χ1v) is 7.57. The lowest BCUT2D eigenvalue weighted by Gasteiger charge is -2.29. The highest BCUT2D eigenvalue weighted by Crippen LogP contribution is 2.23. The van der Waals surface area contributed by atoms with Crippen LogP contribution in [0, 0.1) is 5.41 Å². The predicted molar refractivity (Wildman–Crippen MR) is 84.1 cm³/mol. The van der Waals surface area contributed by atoms with Crippen LogP contribution in [0.4, 0.5) is 4.79 Å². The molecule has 21 heavy (non-hydrogen) atoms. The molecule has 1 aliphatic carbocycles. The van der Waals surface area contributed by atoms with Gasteiger partial charge in [0.1, 0.15) is 5.84 Å². The van der Waals surface area contributed by atoms with Crippen molar-refractivity contribution in [3.63, 3.8) is 0 Å². The summed E-state index contributed by atoms with van der Waals surface area (Å²) >= 11 is 0. The van der Waals surface area contributed by atoms with Crippen LogP contribution in [0.25, 0.3) is 0 Å². The van der Waals surface area contributed by atoms with Gasteiger partial charge in [0, 0.05) is 18.2 Å². The van der Waals surface area contributed by atoms with Crippen LogP contribution in [-0.4, -0.2) is 22.8 Å². The van der Waals surface area contributed by atoms with Crippen molar-refractivity contribution in [2.24, 2.45) is 11.5 Å². The van der Waals surface area contributed by atoms with Crippen molar-refractivity contribution in [3.05, 3.63) is 35.4 Å². The third-order valence-electron chi connectivity index (χ3n) is 4.17. The number of amides is 2. The molecular weight excluding hydrogens is 264 g/mol. The van der Waals surface area contributed by atoms with E-state index in [0.29, 0.717) is 12.1 Å². The van der Waals surface area contributed by atoms with E-state index >= 15 is 0 Å². The minimum atomic E-state index is -0.349. The summed E-state index contributed by atoms with van der Waals surface area (Å²) in [4.78, 5) is 13.6. The number of hydrogen-bond acceptors (Lipinski definition) is 2. The third kappa shape index (κ3) is 4.21. The molecule has 0 unspecified atom stereocenters. The third-order valence-corrected chi connectivity index (χ3v) is 4.17. The Kier molecular flexibility index (Phi) is 5.20. The molecular formula is C16H24N4O. The smallest absolute Gasteiger partial charge is 0.315 e. The topological polar surface area (TPSA) is 96.2 Å². The van der Waals surface area contributed by atoms with Gasteiger partial charge in [-0.2, -0.15) is 0 Å². The fourth-order valence-electron chi connectivity index (χ4n) is 2.94.